The van der Waals surface area contributed by atoms with Crippen LogP contribution < -0.4 is 10.4 Å². The average molecular weight is 298 g/mol. The van der Waals surface area contributed by atoms with E-state index >= 15 is 0 Å². The minimum Gasteiger partial charge on any atom is -0.545 e. The van der Waals surface area contributed by atoms with Crippen LogP contribution in [0, 0.1) is 0 Å². The van der Waals surface area contributed by atoms with Crippen molar-refractivity contribution in [1.82, 2.24) is 4.98 Å². The number of benzene rings is 2. The maximum Gasteiger partial charge on any atom is 0.0737 e. The summed E-state index contributed by atoms with van der Waals surface area (Å²) in [5.41, 5.74) is 2.39. The molecule has 3 aromatic rings. The molecule has 0 unspecified atom stereocenters. The molecule has 0 fully saturated rings. The van der Waals surface area contributed by atoms with Crippen LogP contribution in [0.4, 0.5) is 11.4 Å². The molecule has 0 aliphatic heterocycles. The number of anilines is 2. The van der Waals surface area contributed by atoms with Crippen LogP contribution in [0.2, 0.25) is 5.02 Å². The molecule has 21 heavy (non-hydrogen) atoms. The molecule has 3 rings (SSSR count). The second-order valence-electron chi connectivity index (χ2n) is 4.51. The first-order valence-corrected chi connectivity index (χ1v) is 6.64. The number of fused-ring (bicyclic) bond motifs is 1. The topological polar surface area (TPSA) is 65.0 Å². The van der Waals surface area contributed by atoms with Gasteiger partial charge in [0.1, 0.15) is 0 Å². The van der Waals surface area contributed by atoms with Gasteiger partial charge >= 0.3 is 0 Å². The zero-order valence-electron chi connectivity index (χ0n) is 10.8. The van der Waals surface area contributed by atoms with E-state index in [0.29, 0.717) is 10.7 Å². The highest BCUT2D eigenvalue weighted by Crippen LogP contribution is 2.27. The number of carbonyl (C=O) groups is 1. The van der Waals surface area contributed by atoms with Gasteiger partial charge in [-0.05, 0) is 42.0 Å². The molecule has 104 valence electrons. The van der Waals surface area contributed by atoms with Gasteiger partial charge in [-0.1, -0.05) is 23.7 Å². The predicted molar refractivity (Wildman–Crippen MR) is 80.8 cm³/mol. The first kappa shape index (κ1) is 13.4. The van der Waals surface area contributed by atoms with Crippen molar-refractivity contribution in [3.63, 3.8) is 0 Å². The summed E-state index contributed by atoms with van der Waals surface area (Å²) >= 11 is 5.95. The highest BCUT2D eigenvalue weighted by atomic mass is 35.5. The van der Waals surface area contributed by atoms with E-state index in [1.165, 1.54) is 12.1 Å². The van der Waals surface area contributed by atoms with Gasteiger partial charge in [0.15, 0.2) is 0 Å². The SMILES string of the molecule is O=C([O-])c1cccc(Nc2ccnc3cc(Cl)ccc23)c1. The van der Waals surface area contributed by atoms with Crippen molar-refractivity contribution in [1.29, 1.82) is 0 Å². The molecule has 0 amide bonds. The highest BCUT2D eigenvalue weighted by Gasteiger charge is 2.04. The van der Waals surface area contributed by atoms with Gasteiger partial charge in [-0.15, -0.1) is 0 Å². The molecule has 0 atom stereocenters. The van der Waals surface area contributed by atoms with Crippen LogP contribution in [-0.4, -0.2) is 11.0 Å². The summed E-state index contributed by atoms with van der Waals surface area (Å²) in [5.74, 6) is -1.20. The Balaban J connectivity index is 2.02. The Morgan fingerprint density at radius 2 is 2.00 bits per heavy atom. The summed E-state index contributed by atoms with van der Waals surface area (Å²) in [6.45, 7) is 0. The van der Waals surface area contributed by atoms with Crippen LogP contribution in [0.1, 0.15) is 10.4 Å². The van der Waals surface area contributed by atoms with Crippen molar-refractivity contribution in [2.75, 3.05) is 5.32 Å². The lowest BCUT2D eigenvalue weighted by Gasteiger charge is -2.11. The van der Waals surface area contributed by atoms with E-state index in [4.69, 9.17) is 11.6 Å². The molecular formula is C16H10ClN2O2-. The van der Waals surface area contributed by atoms with Crippen LogP contribution in [0.25, 0.3) is 10.9 Å². The number of rotatable bonds is 3. The van der Waals surface area contributed by atoms with Crippen LogP contribution in [-0.2, 0) is 0 Å². The summed E-state index contributed by atoms with van der Waals surface area (Å²) in [4.78, 5) is 15.2. The quantitative estimate of drug-likeness (QED) is 0.807. The maximum atomic E-state index is 10.9. The number of carbonyl (C=O) groups excluding carboxylic acids is 1. The Hall–Kier alpha value is -2.59. The molecule has 0 radical (unpaired) electrons. The minimum absolute atomic E-state index is 0.126. The molecule has 0 saturated heterocycles. The Bertz CT molecular complexity index is 833. The van der Waals surface area contributed by atoms with Crippen molar-refractivity contribution in [2.45, 2.75) is 0 Å². The smallest absolute Gasteiger partial charge is 0.0737 e. The van der Waals surface area contributed by atoms with Gasteiger partial charge in [-0.3, -0.25) is 4.98 Å². The summed E-state index contributed by atoms with van der Waals surface area (Å²) in [7, 11) is 0. The van der Waals surface area contributed by atoms with Crippen molar-refractivity contribution < 1.29 is 9.90 Å². The second kappa shape index (κ2) is 5.42. The van der Waals surface area contributed by atoms with Gasteiger partial charge in [0.25, 0.3) is 0 Å². The fourth-order valence-corrected chi connectivity index (χ4v) is 2.28. The van der Waals surface area contributed by atoms with Gasteiger partial charge in [-0.2, -0.15) is 0 Å². The number of aromatic nitrogens is 1. The van der Waals surface area contributed by atoms with Crippen molar-refractivity contribution in [3.8, 4) is 0 Å². The maximum absolute atomic E-state index is 10.9. The Morgan fingerprint density at radius 3 is 2.81 bits per heavy atom. The number of nitrogens with one attached hydrogen (secondary N) is 1. The molecule has 0 aliphatic carbocycles. The first-order chi connectivity index (χ1) is 10.1. The van der Waals surface area contributed by atoms with E-state index in [0.717, 1.165) is 16.6 Å². The molecule has 0 saturated carbocycles. The van der Waals surface area contributed by atoms with Crippen LogP contribution in [0.3, 0.4) is 0 Å². The van der Waals surface area contributed by atoms with E-state index in [9.17, 15) is 9.90 Å². The molecule has 0 bridgehead atoms. The van der Waals surface area contributed by atoms with Crippen LogP contribution >= 0.6 is 11.6 Å². The number of hydrogen-bond donors (Lipinski definition) is 1. The summed E-state index contributed by atoms with van der Waals surface area (Å²) < 4.78 is 0. The third kappa shape index (κ3) is 2.80. The zero-order valence-corrected chi connectivity index (χ0v) is 11.6. The lowest BCUT2D eigenvalue weighted by molar-refractivity contribution is -0.255. The predicted octanol–water partition coefficient (Wildman–Crippen LogP) is 3.00. The zero-order chi connectivity index (χ0) is 14.8. The van der Waals surface area contributed by atoms with Crippen molar-refractivity contribution in [2.24, 2.45) is 0 Å². The van der Waals surface area contributed by atoms with E-state index < -0.39 is 5.97 Å². The lowest BCUT2D eigenvalue weighted by atomic mass is 10.1. The fourth-order valence-electron chi connectivity index (χ4n) is 2.11. The third-order valence-electron chi connectivity index (χ3n) is 3.08. The second-order valence-corrected chi connectivity index (χ2v) is 4.95. The molecule has 5 heteroatoms. The van der Waals surface area contributed by atoms with Crippen LogP contribution in [0.15, 0.2) is 54.7 Å². The van der Waals surface area contributed by atoms with Gasteiger partial charge in [0.05, 0.1) is 11.5 Å². The number of hydrogen-bond acceptors (Lipinski definition) is 4. The number of halogens is 1. The Labute approximate surface area is 126 Å². The van der Waals surface area contributed by atoms with Gasteiger partial charge in [0, 0.05) is 28.0 Å². The lowest BCUT2D eigenvalue weighted by Crippen LogP contribution is -2.22. The largest absolute Gasteiger partial charge is 0.545 e. The number of aromatic carboxylic acids is 1. The molecule has 1 N–H and O–H groups in total. The van der Waals surface area contributed by atoms with E-state index in [1.807, 2.05) is 12.1 Å². The molecule has 1 aromatic heterocycles. The van der Waals surface area contributed by atoms with Gasteiger partial charge < -0.3 is 15.2 Å². The minimum atomic E-state index is -1.20. The summed E-state index contributed by atoms with van der Waals surface area (Å²) in [6, 6.07) is 13.7. The average Bonchev–Trinajstić information content (AvgIpc) is 2.47. The van der Waals surface area contributed by atoms with E-state index in [2.05, 4.69) is 10.3 Å². The number of carboxylic acids is 1. The molecular weight excluding hydrogens is 288 g/mol. The summed E-state index contributed by atoms with van der Waals surface area (Å²) in [5, 5.41) is 15.6. The standard InChI is InChI=1S/C16H11ClN2O2/c17-11-4-5-13-14(6-7-18-15(13)9-11)19-12-3-1-2-10(8-12)16(20)21/h1-9H,(H,18,19)(H,20,21)/p-1. The normalized spacial score (nSPS) is 10.5. The third-order valence-corrected chi connectivity index (χ3v) is 3.32. The number of nitrogens with zero attached hydrogens (tertiary/aromatic N) is 1. The number of pyridine rings is 1. The van der Waals surface area contributed by atoms with E-state index in [-0.39, 0.29) is 5.56 Å². The van der Waals surface area contributed by atoms with Crippen LogP contribution in [0.5, 0.6) is 0 Å². The molecule has 4 nitrogen and oxygen atoms in total. The molecule has 1 heterocycles. The Kier molecular flexibility index (Phi) is 3.46. The van der Waals surface area contributed by atoms with Crippen molar-refractivity contribution >= 4 is 39.8 Å². The number of carboxylic acid groups (broad SMARTS) is 1. The first-order valence-electron chi connectivity index (χ1n) is 6.26. The molecule has 0 aliphatic rings. The fraction of sp³-hybridized carbons (Fsp3) is 0. The molecule has 2 aromatic carbocycles. The molecule has 0 spiro atoms. The van der Waals surface area contributed by atoms with Crippen molar-refractivity contribution in [3.05, 3.63) is 65.3 Å². The van der Waals surface area contributed by atoms with Gasteiger partial charge in [-0.25, -0.2) is 0 Å². The Morgan fingerprint density at radius 1 is 1.14 bits per heavy atom. The van der Waals surface area contributed by atoms with E-state index in [1.54, 1.807) is 30.5 Å². The highest BCUT2D eigenvalue weighted by molar-refractivity contribution is 6.31. The van der Waals surface area contributed by atoms with Gasteiger partial charge in [0.2, 0.25) is 0 Å². The monoisotopic (exact) mass is 297 g/mol. The summed E-state index contributed by atoms with van der Waals surface area (Å²) in [6.07, 6.45) is 1.67.